The van der Waals surface area contributed by atoms with Crippen LogP contribution in [0.3, 0.4) is 0 Å². The number of para-hydroxylation sites is 1. The van der Waals surface area contributed by atoms with E-state index in [0.717, 1.165) is 11.3 Å². The molecule has 1 N–H and O–H groups in total. The highest BCUT2D eigenvalue weighted by Gasteiger charge is 2.24. The molecule has 0 atom stereocenters. The fourth-order valence-electron chi connectivity index (χ4n) is 2.12. The smallest absolute Gasteiger partial charge is 0.257 e. The van der Waals surface area contributed by atoms with Crippen molar-refractivity contribution >= 4 is 17.5 Å². The maximum atomic E-state index is 12.3. The van der Waals surface area contributed by atoms with E-state index in [1.54, 1.807) is 6.07 Å². The molecule has 1 aromatic heterocycles. The summed E-state index contributed by atoms with van der Waals surface area (Å²) in [6.45, 7) is 0.442. The summed E-state index contributed by atoms with van der Waals surface area (Å²) in [6, 6.07) is 9.07. The summed E-state index contributed by atoms with van der Waals surface area (Å²) >= 11 is 0. The van der Waals surface area contributed by atoms with Gasteiger partial charge < -0.3 is 14.6 Å². The molecule has 1 aliphatic heterocycles. The fraction of sp³-hybridized carbons (Fsp3) is 0.143. The van der Waals surface area contributed by atoms with Crippen LogP contribution in [-0.4, -0.2) is 23.3 Å². The first-order valence-electron chi connectivity index (χ1n) is 5.93. The van der Waals surface area contributed by atoms with Gasteiger partial charge in [-0.3, -0.25) is 9.59 Å². The number of hydrogen-bond acceptors (Lipinski definition) is 3. The molecule has 3 rings (SSSR count). The zero-order valence-corrected chi connectivity index (χ0v) is 10.1. The molecule has 2 amide bonds. The van der Waals surface area contributed by atoms with Gasteiger partial charge in [0.25, 0.3) is 5.91 Å². The van der Waals surface area contributed by atoms with Gasteiger partial charge in [-0.15, -0.1) is 0 Å². The normalized spacial score (nSPS) is 14.5. The molecule has 0 aliphatic carbocycles. The second-order valence-corrected chi connectivity index (χ2v) is 4.38. The van der Waals surface area contributed by atoms with Gasteiger partial charge >= 0.3 is 0 Å². The fourth-order valence-corrected chi connectivity index (χ4v) is 2.12. The lowest BCUT2D eigenvalue weighted by molar-refractivity contribution is -0.116. The molecule has 2 heterocycles. The van der Waals surface area contributed by atoms with Crippen molar-refractivity contribution in [2.24, 2.45) is 0 Å². The van der Waals surface area contributed by atoms with Gasteiger partial charge in [0.1, 0.15) is 12.8 Å². The second-order valence-electron chi connectivity index (χ2n) is 4.38. The molecule has 19 heavy (non-hydrogen) atoms. The van der Waals surface area contributed by atoms with E-state index in [9.17, 15) is 9.59 Å². The number of nitrogens with zero attached hydrogens (tertiary/aromatic N) is 1. The minimum absolute atomic E-state index is 0.0404. The maximum Gasteiger partial charge on any atom is 0.257 e. The second kappa shape index (κ2) is 4.61. The molecule has 0 spiro atoms. The van der Waals surface area contributed by atoms with Crippen LogP contribution in [0.5, 0.6) is 0 Å². The monoisotopic (exact) mass is 256 g/mol. The van der Waals surface area contributed by atoms with Gasteiger partial charge in [-0.25, -0.2) is 0 Å². The topological polar surface area (TPSA) is 62.6 Å². The van der Waals surface area contributed by atoms with Crippen LogP contribution in [0.1, 0.15) is 15.9 Å². The van der Waals surface area contributed by atoms with Crippen LogP contribution in [-0.2, 0) is 11.3 Å². The van der Waals surface area contributed by atoms with E-state index >= 15 is 0 Å². The Hall–Kier alpha value is -2.56. The Bertz CT molecular complexity index is 619. The number of hydrogen-bond donors (Lipinski definition) is 1. The molecule has 0 saturated carbocycles. The van der Waals surface area contributed by atoms with Crippen molar-refractivity contribution in [2.45, 2.75) is 6.54 Å². The first-order chi connectivity index (χ1) is 9.24. The van der Waals surface area contributed by atoms with Crippen LogP contribution in [0, 0.1) is 0 Å². The van der Waals surface area contributed by atoms with Gasteiger partial charge in [0, 0.05) is 12.2 Å². The van der Waals surface area contributed by atoms with Crippen molar-refractivity contribution in [3.8, 4) is 0 Å². The SMILES string of the molecule is O=C1CN(C(=O)c2ccoc2)Cc2ccccc2N1. The number of benzene rings is 1. The van der Waals surface area contributed by atoms with Crippen molar-refractivity contribution in [2.75, 3.05) is 11.9 Å². The number of rotatable bonds is 1. The van der Waals surface area contributed by atoms with Gasteiger partial charge in [-0.2, -0.15) is 0 Å². The minimum Gasteiger partial charge on any atom is -0.472 e. The number of amides is 2. The van der Waals surface area contributed by atoms with Crippen LogP contribution in [0.4, 0.5) is 5.69 Å². The van der Waals surface area contributed by atoms with Gasteiger partial charge in [0.2, 0.25) is 5.91 Å². The third-order valence-electron chi connectivity index (χ3n) is 3.04. The number of nitrogens with one attached hydrogen (secondary N) is 1. The molecule has 0 unspecified atom stereocenters. The number of furan rings is 1. The van der Waals surface area contributed by atoms with Gasteiger partial charge in [-0.1, -0.05) is 18.2 Å². The summed E-state index contributed by atoms with van der Waals surface area (Å²) in [7, 11) is 0. The van der Waals surface area contributed by atoms with Gasteiger partial charge in [0.15, 0.2) is 0 Å². The highest BCUT2D eigenvalue weighted by molar-refractivity contribution is 6.00. The predicted octanol–water partition coefficient (Wildman–Crippen LogP) is 1.87. The lowest BCUT2D eigenvalue weighted by Crippen LogP contribution is -2.35. The molecule has 5 heteroatoms. The molecule has 2 aromatic rings. The molecular weight excluding hydrogens is 244 g/mol. The zero-order valence-electron chi connectivity index (χ0n) is 10.1. The predicted molar refractivity (Wildman–Crippen MR) is 68.5 cm³/mol. The quantitative estimate of drug-likeness (QED) is 0.847. The standard InChI is InChI=1S/C14H12N2O3/c17-13-8-16(14(18)11-5-6-19-9-11)7-10-3-1-2-4-12(10)15-13/h1-6,9H,7-8H2,(H,15,17). The molecule has 1 aromatic carbocycles. The van der Waals surface area contributed by atoms with Crippen LogP contribution < -0.4 is 5.32 Å². The maximum absolute atomic E-state index is 12.3. The van der Waals surface area contributed by atoms with Crippen LogP contribution in [0.2, 0.25) is 0 Å². The van der Waals surface area contributed by atoms with Crippen LogP contribution in [0.25, 0.3) is 0 Å². The summed E-state index contributed by atoms with van der Waals surface area (Å²) in [5.41, 5.74) is 2.13. The molecule has 1 aliphatic rings. The number of fused-ring (bicyclic) bond motifs is 1. The number of carbonyl (C=O) groups is 2. The van der Waals surface area contributed by atoms with Crippen molar-refractivity contribution in [1.29, 1.82) is 0 Å². The van der Waals surface area contributed by atoms with E-state index in [2.05, 4.69) is 5.32 Å². The number of anilines is 1. The van der Waals surface area contributed by atoms with E-state index in [4.69, 9.17) is 4.42 Å². The minimum atomic E-state index is -0.208. The summed E-state index contributed by atoms with van der Waals surface area (Å²) in [5.74, 6) is -0.401. The Morgan fingerprint density at radius 3 is 2.84 bits per heavy atom. The molecule has 0 radical (unpaired) electrons. The number of carbonyl (C=O) groups excluding carboxylic acids is 2. The van der Waals surface area contributed by atoms with Crippen molar-refractivity contribution < 1.29 is 14.0 Å². The Balaban J connectivity index is 1.92. The highest BCUT2D eigenvalue weighted by Crippen LogP contribution is 2.21. The van der Waals surface area contributed by atoms with Crippen molar-refractivity contribution in [3.63, 3.8) is 0 Å². The zero-order chi connectivity index (χ0) is 13.2. The summed E-state index contributed by atoms with van der Waals surface area (Å²) in [4.78, 5) is 25.6. The summed E-state index contributed by atoms with van der Waals surface area (Å²) < 4.78 is 4.91. The molecule has 0 fully saturated rings. The molecular formula is C14H12N2O3. The molecule has 0 bridgehead atoms. The van der Waals surface area contributed by atoms with E-state index in [0.29, 0.717) is 12.1 Å². The first kappa shape index (κ1) is 11.5. The summed E-state index contributed by atoms with van der Waals surface area (Å²) in [5, 5.41) is 2.80. The van der Waals surface area contributed by atoms with E-state index < -0.39 is 0 Å². The lowest BCUT2D eigenvalue weighted by Gasteiger charge is -2.18. The Kier molecular flexibility index (Phi) is 2.79. The Morgan fingerprint density at radius 1 is 1.21 bits per heavy atom. The van der Waals surface area contributed by atoms with Crippen LogP contribution in [0.15, 0.2) is 47.3 Å². The van der Waals surface area contributed by atoms with Crippen LogP contribution >= 0.6 is 0 Å². The average Bonchev–Trinajstić information content (AvgIpc) is 2.87. The van der Waals surface area contributed by atoms with E-state index in [1.807, 2.05) is 24.3 Å². The van der Waals surface area contributed by atoms with E-state index in [1.165, 1.54) is 17.4 Å². The van der Waals surface area contributed by atoms with E-state index in [-0.39, 0.29) is 18.4 Å². The Morgan fingerprint density at radius 2 is 2.05 bits per heavy atom. The van der Waals surface area contributed by atoms with Crippen molar-refractivity contribution in [3.05, 3.63) is 54.0 Å². The first-order valence-corrected chi connectivity index (χ1v) is 5.93. The molecule has 96 valence electrons. The van der Waals surface area contributed by atoms with Crippen molar-refractivity contribution in [1.82, 2.24) is 4.90 Å². The Labute approximate surface area is 109 Å². The molecule has 0 saturated heterocycles. The third kappa shape index (κ3) is 2.22. The largest absolute Gasteiger partial charge is 0.472 e. The van der Waals surface area contributed by atoms with Gasteiger partial charge in [-0.05, 0) is 17.7 Å². The lowest BCUT2D eigenvalue weighted by atomic mass is 10.1. The third-order valence-corrected chi connectivity index (χ3v) is 3.04. The summed E-state index contributed by atoms with van der Waals surface area (Å²) in [6.07, 6.45) is 2.83. The van der Waals surface area contributed by atoms with Gasteiger partial charge in [0.05, 0.1) is 11.8 Å². The average molecular weight is 256 g/mol. The molecule has 5 nitrogen and oxygen atoms in total. The highest BCUT2D eigenvalue weighted by atomic mass is 16.3.